The Kier molecular flexibility index (Phi) is 7.76. The smallest absolute Gasteiger partial charge is 0.341 e. The van der Waals surface area contributed by atoms with Gasteiger partial charge in [0.15, 0.2) is 5.96 Å². The van der Waals surface area contributed by atoms with Crippen molar-refractivity contribution in [3.63, 3.8) is 0 Å². The Morgan fingerprint density at radius 2 is 2.05 bits per heavy atom. The molecule has 21 heavy (non-hydrogen) atoms. The van der Waals surface area contributed by atoms with Crippen LogP contribution in [0.25, 0.3) is 0 Å². The van der Waals surface area contributed by atoms with E-state index >= 15 is 0 Å². The quantitative estimate of drug-likeness (QED) is 0.347. The highest BCUT2D eigenvalue weighted by Crippen LogP contribution is 2.15. The zero-order valence-corrected chi connectivity index (χ0v) is 15.7. The molecule has 0 aromatic carbocycles. The van der Waals surface area contributed by atoms with Gasteiger partial charge in [0.1, 0.15) is 17.1 Å². The van der Waals surface area contributed by atoms with Gasteiger partial charge in [-0.2, -0.15) is 0 Å². The van der Waals surface area contributed by atoms with Gasteiger partial charge in [-0.1, -0.05) is 0 Å². The molecule has 0 aliphatic rings. The van der Waals surface area contributed by atoms with Crippen LogP contribution in [-0.4, -0.2) is 31.6 Å². The summed E-state index contributed by atoms with van der Waals surface area (Å²) in [6.45, 7) is 8.32. The minimum Gasteiger partial charge on any atom is -0.465 e. The maximum Gasteiger partial charge on any atom is 0.341 e. The number of nitrogens with one attached hydrogen (secondary N) is 2. The highest BCUT2D eigenvalue weighted by Gasteiger charge is 2.16. The van der Waals surface area contributed by atoms with E-state index in [0.29, 0.717) is 29.6 Å². The SMILES string of the molecule is CN=C(NCc1cc(C(=O)OC)c(C)o1)NC(C)(C)C.I. The van der Waals surface area contributed by atoms with Crippen LogP contribution in [0.1, 0.15) is 42.6 Å². The van der Waals surface area contributed by atoms with Gasteiger partial charge >= 0.3 is 5.97 Å². The van der Waals surface area contributed by atoms with Gasteiger partial charge in [-0.3, -0.25) is 4.99 Å². The van der Waals surface area contributed by atoms with Crippen molar-refractivity contribution in [2.24, 2.45) is 4.99 Å². The number of carbonyl (C=O) groups excluding carboxylic acids is 1. The van der Waals surface area contributed by atoms with E-state index in [0.717, 1.165) is 0 Å². The summed E-state index contributed by atoms with van der Waals surface area (Å²) >= 11 is 0. The molecule has 1 rings (SSSR count). The molecule has 120 valence electrons. The summed E-state index contributed by atoms with van der Waals surface area (Å²) < 4.78 is 10.2. The monoisotopic (exact) mass is 409 g/mol. The highest BCUT2D eigenvalue weighted by molar-refractivity contribution is 14.0. The molecule has 6 nitrogen and oxygen atoms in total. The van der Waals surface area contributed by atoms with Crippen molar-refractivity contribution in [1.29, 1.82) is 0 Å². The van der Waals surface area contributed by atoms with E-state index in [1.807, 2.05) is 20.8 Å². The number of hydrogen-bond donors (Lipinski definition) is 2. The Morgan fingerprint density at radius 1 is 1.43 bits per heavy atom. The Bertz CT molecular complexity index is 504. The molecule has 0 spiro atoms. The number of esters is 1. The van der Waals surface area contributed by atoms with Crippen molar-refractivity contribution in [2.45, 2.75) is 39.8 Å². The largest absolute Gasteiger partial charge is 0.465 e. The van der Waals surface area contributed by atoms with E-state index in [9.17, 15) is 4.79 Å². The molecule has 0 saturated carbocycles. The first-order valence-electron chi connectivity index (χ1n) is 6.43. The Morgan fingerprint density at radius 3 is 2.52 bits per heavy atom. The van der Waals surface area contributed by atoms with Crippen molar-refractivity contribution in [2.75, 3.05) is 14.2 Å². The van der Waals surface area contributed by atoms with Gasteiger partial charge < -0.3 is 19.8 Å². The number of methoxy groups -OCH3 is 1. The number of nitrogens with zero attached hydrogens (tertiary/aromatic N) is 1. The van der Waals surface area contributed by atoms with Crippen LogP contribution < -0.4 is 10.6 Å². The molecule has 1 aromatic rings. The second-order valence-electron chi connectivity index (χ2n) is 5.47. The topological polar surface area (TPSA) is 75.9 Å². The van der Waals surface area contributed by atoms with Crippen LogP contribution in [-0.2, 0) is 11.3 Å². The van der Waals surface area contributed by atoms with Crippen molar-refractivity contribution in [3.8, 4) is 0 Å². The average Bonchev–Trinajstić information content (AvgIpc) is 2.73. The minimum atomic E-state index is -0.394. The van der Waals surface area contributed by atoms with Gasteiger partial charge in [0.2, 0.25) is 0 Å². The lowest BCUT2D eigenvalue weighted by molar-refractivity contribution is 0.0599. The molecular formula is C14H24IN3O3. The van der Waals surface area contributed by atoms with Gasteiger partial charge in [0, 0.05) is 12.6 Å². The second-order valence-corrected chi connectivity index (χ2v) is 5.47. The first kappa shape index (κ1) is 19.8. The fraction of sp³-hybridized carbons (Fsp3) is 0.571. The van der Waals surface area contributed by atoms with Gasteiger partial charge in [0.25, 0.3) is 0 Å². The number of carbonyl (C=O) groups is 1. The fourth-order valence-corrected chi connectivity index (χ4v) is 1.65. The fourth-order valence-electron chi connectivity index (χ4n) is 1.65. The van der Waals surface area contributed by atoms with Crippen LogP contribution in [0.2, 0.25) is 0 Å². The van der Waals surface area contributed by atoms with E-state index in [4.69, 9.17) is 4.42 Å². The van der Waals surface area contributed by atoms with Crippen LogP contribution >= 0.6 is 24.0 Å². The number of aryl methyl sites for hydroxylation is 1. The Balaban J connectivity index is 0.00000400. The van der Waals surface area contributed by atoms with E-state index in [1.165, 1.54) is 7.11 Å². The zero-order valence-electron chi connectivity index (χ0n) is 13.4. The van der Waals surface area contributed by atoms with Crippen LogP contribution in [0.5, 0.6) is 0 Å². The lowest BCUT2D eigenvalue weighted by atomic mass is 10.1. The zero-order chi connectivity index (χ0) is 15.3. The predicted octanol–water partition coefficient (Wildman–Crippen LogP) is 2.46. The van der Waals surface area contributed by atoms with Gasteiger partial charge in [-0.25, -0.2) is 4.79 Å². The van der Waals surface area contributed by atoms with Crippen LogP contribution in [0.4, 0.5) is 0 Å². The molecule has 2 N–H and O–H groups in total. The third-order valence-corrected chi connectivity index (χ3v) is 2.52. The van der Waals surface area contributed by atoms with E-state index in [1.54, 1.807) is 20.0 Å². The summed E-state index contributed by atoms with van der Waals surface area (Å²) in [6.07, 6.45) is 0. The highest BCUT2D eigenvalue weighted by atomic mass is 127. The summed E-state index contributed by atoms with van der Waals surface area (Å²) in [7, 11) is 3.05. The molecule has 0 aliphatic carbocycles. The van der Waals surface area contributed by atoms with Gasteiger partial charge in [-0.15, -0.1) is 24.0 Å². The number of rotatable bonds is 3. The van der Waals surface area contributed by atoms with E-state index in [2.05, 4.69) is 20.4 Å². The van der Waals surface area contributed by atoms with Crippen LogP contribution in [0.3, 0.4) is 0 Å². The van der Waals surface area contributed by atoms with Crippen molar-refractivity contribution in [3.05, 3.63) is 23.2 Å². The number of furan rings is 1. The summed E-state index contributed by atoms with van der Waals surface area (Å²) in [5.74, 6) is 1.48. The third kappa shape index (κ3) is 6.36. The number of guanidine groups is 1. The number of aliphatic imine (C=N–C) groups is 1. The molecule has 0 aliphatic heterocycles. The summed E-state index contributed by atoms with van der Waals surface area (Å²) in [6, 6.07) is 1.68. The maximum absolute atomic E-state index is 11.5. The number of ether oxygens (including phenoxy) is 1. The molecule has 1 aromatic heterocycles. The molecule has 0 radical (unpaired) electrons. The minimum absolute atomic E-state index is 0. The molecule has 0 amide bonds. The molecule has 1 heterocycles. The Labute approximate surface area is 142 Å². The molecule has 7 heteroatoms. The predicted molar refractivity (Wildman–Crippen MR) is 93.3 cm³/mol. The number of hydrogen-bond acceptors (Lipinski definition) is 4. The lowest BCUT2D eigenvalue weighted by Gasteiger charge is -2.23. The van der Waals surface area contributed by atoms with Crippen molar-refractivity contribution >= 4 is 35.9 Å². The van der Waals surface area contributed by atoms with Crippen molar-refractivity contribution in [1.82, 2.24) is 10.6 Å². The third-order valence-electron chi connectivity index (χ3n) is 2.52. The number of halogens is 1. The average molecular weight is 409 g/mol. The molecule has 0 saturated heterocycles. The van der Waals surface area contributed by atoms with E-state index in [-0.39, 0.29) is 29.5 Å². The lowest BCUT2D eigenvalue weighted by Crippen LogP contribution is -2.47. The summed E-state index contributed by atoms with van der Waals surface area (Å²) in [4.78, 5) is 15.6. The standard InChI is InChI=1S/C14H23N3O3.HI/c1-9-11(12(18)19-6)7-10(20-9)8-16-13(15-5)17-14(2,3)4;/h7H,8H2,1-6H3,(H2,15,16,17);1H. The van der Waals surface area contributed by atoms with Gasteiger partial charge in [0.05, 0.1) is 13.7 Å². The summed E-state index contributed by atoms with van der Waals surface area (Å²) in [5, 5.41) is 6.37. The van der Waals surface area contributed by atoms with Crippen molar-refractivity contribution < 1.29 is 13.9 Å². The second kappa shape index (κ2) is 8.26. The van der Waals surface area contributed by atoms with E-state index < -0.39 is 5.97 Å². The van der Waals surface area contributed by atoms with Crippen LogP contribution in [0, 0.1) is 6.92 Å². The normalized spacial score (nSPS) is 11.6. The molecule has 0 fully saturated rings. The first-order valence-corrected chi connectivity index (χ1v) is 6.43. The summed E-state index contributed by atoms with van der Waals surface area (Å²) in [5.41, 5.74) is 0.362. The first-order chi connectivity index (χ1) is 9.26. The maximum atomic E-state index is 11.5. The molecule has 0 bridgehead atoms. The Hall–Kier alpha value is -1.25. The molecular weight excluding hydrogens is 385 g/mol. The van der Waals surface area contributed by atoms with Crippen LogP contribution in [0.15, 0.2) is 15.5 Å². The molecule has 0 atom stereocenters. The molecule has 0 unspecified atom stereocenters. The van der Waals surface area contributed by atoms with Gasteiger partial charge in [-0.05, 0) is 33.8 Å².